The number of nitrogens with one attached hydrogen (secondary N) is 1. The monoisotopic (exact) mass is 280 g/mol. The summed E-state index contributed by atoms with van der Waals surface area (Å²) in [7, 11) is 0. The van der Waals surface area contributed by atoms with E-state index in [4.69, 9.17) is 5.73 Å². The van der Waals surface area contributed by atoms with Crippen LogP contribution in [0.25, 0.3) is 0 Å². The Morgan fingerprint density at radius 2 is 2.21 bits per heavy atom. The number of nitrogens with two attached hydrogens (primary N) is 1. The Morgan fingerprint density at radius 3 is 2.68 bits per heavy atom. The number of anilines is 2. The highest BCUT2D eigenvalue weighted by molar-refractivity contribution is 7.18. The molecule has 1 saturated carbocycles. The normalized spacial score (nSPS) is 17.3. The van der Waals surface area contributed by atoms with Crippen LogP contribution in [-0.4, -0.2) is 12.3 Å². The molecule has 1 aromatic heterocycles. The van der Waals surface area contributed by atoms with Crippen molar-refractivity contribution in [1.82, 2.24) is 0 Å². The van der Waals surface area contributed by atoms with Gasteiger partial charge in [0, 0.05) is 12.5 Å². The molecule has 1 aromatic rings. The van der Waals surface area contributed by atoms with E-state index in [1.807, 2.05) is 19.9 Å². The third-order valence-electron chi connectivity index (χ3n) is 4.31. The molecule has 0 amide bonds. The molecule has 19 heavy (non-hydrogen) atoms. The second kappa shape index (κ2) is 5.53. The lowest BCUT2D eigenvalue weighted by atomic mass is 9.67. The molecule has 0 saturated heterocycles. The predicted octanol–water partition coefficient (Wildman–Crippen LogP) is 4.16. The average Bonchev–Trinajstić information content (AvgIpc) is 2.68. The Morgan fingerprint density at radius 1 is 1.53 bits per heavy atom. The first-order chi connectivity index (χ1) is 8.97. The summed E-state index contributed by atoms with van der Waals surface area (Å²) in [5.41, 5.74) is 7.04. The number of Topliss-reactive ketones (excluding diaryl/α,β-unsaturated/α-hetero) is 1. The Labute approximate surface area is 119 Å². The van der Waals surface area contributed by atoms with Crippen molar-refractivity contribution >= 4 is 27.8 Å². The lowest BCUT2D eigenvalue weighted by Crippen LogP contribution is -2.35. The highest BCUT2D eigenvalue weighted by Crippen LogP contribution is 2.44. The van der Waals surface area contributed by atoms with Crippen molar-refractivity contribution in [3.63, 3.8) is 0 Å². The van der Waals surface area contributed by atoms with Crippen LogP contribution in [0.5, 0.6) is 0 Å². The summed E-state index contributed by atoms with van der Waals surface area (Å²) < 4.78 is 0. The van der Waals surface area contributed by atoms with Crippen LogP contribution >= 0.6 is 11.3 Å². The highest BCUT2D eigenvalue weighted by Gasteiger charge is 2.34. The molecular formula is C15H24N2OS. The number of nitrogen functional groups attached to an aromatic ring is 1. The van der Waals surface area contributed by atoms with Crippen LogP contribution in [-0.2, 0) is 0 Å². The van der Waals surface area contributed by atoms with Gasteiger partial charge in [0.2, 0.25) is 0 Å². The van der Waals surface area contributed by atoms with Crippen LogP contribution in [0.4, 0.5) is 10.7 Å². The zero-order valence-electron chi connectivity index (χ0n) is 12.1. The van der Waals surface area contributed by atoms with Gasteiger partial charge in [-0.15, -0.1) is 11.3 Å². The first kappa shape index (κ1) is 14.4. The van der Waals surface area contributed by atoms with Crippen LogP contribution in [0.15, 0.2) is 6.07 Å². The summed E-state index contributed by atoms with van der Waals surface area (Å²) >= 11 is 1.50. The predicted molar refractivity (Wildman–Crippen MR) is 83.0 cm³/mol. The van der Waals surface area contributed by atoms with Gasteiger partial charge in [0.25, 0.3) is 0 Å². The van der Waals surface area contributed by atoms with Crippen LogP contribution in [0.3, 0.4) is 0 Å². The summed E-state index contributed by atoms with van der Waals surface area (Å²) in [5, 5.41) is 4.51. The number of carbonyl (C=O) groups is 1. The fraction of sp³-hybridized carbons (Fsp3) is 0.667. The van der Waals surface area contributed by atoms with Crippen LogP contribution < -0.4 is 11.1 Å². The Balaban J connectivity index is 2.02. The third kappa shape index (κ3) is 2.94. The lowest BCUT2D eigenvalue weighted by molar-refractivity contribution is 0.0944. The van der Waals surface area contributed by atoms with Gasteiger partial charge in [-0.2, -0.15) is 0 Å². The molecule has 1 aliphatic rings. The molecule has 0 unspecified atom stereocenters. The fourth-order valence-corrected chi connectivity index (χ4v) is 3.62. The van der Waals surface area contributed by atoms with Crippen molar-refractivity contribution in [3.05, 3.63) is 10.9 Å². The maximum absolute atomic E-state index is 12.0. The van der Waals surface area contributed by atoms with Gasteiger partial charge in [-0.1, -0.05) is 27.2 Å². The molecule has 0 bridgehead atoms. The minimum Gasteiger partial charge on any atom is -0.397 e. The molecule has 106 valence electrons. The van der Waals surface area contributed by atoms with Gasteiger partial charge in [0.15, 0.2) is 5.78 Å². The molecule has 3 nitrogen and oxygen atoms in total. The van der Waals surface area contributed by atoms with E-state index in [2.05, 4.69) is 12.2 Å². The molecule has 4 heteroatoms. The van der Waals surface area contributed by atoms with E-state index in [9.17, 15) is 4.79 Å². The lowest BCUT2D eigenvalue weighted by Gasteiger charge is -2.41. The average molecular weight is 280 g/mol. The SMILES string of the molecule is CCC1(CNc2cc(N)c(C(=O)C(C)C)s2)CCC1. The molecular weight excluding hydrogens is 256 g/mol. The van der Waals surface area contributed by atoms with Crippen LogP contribution in [0.2, 0.25) is 0 Å². The van der Waals surface area contributed by atoms with E-state index in [1.54, 1.807) is 0 Å². The van der Waals surface area contributed by atoms with E-state index in [0.29, 0.717) is 16.0 Å². The van der Waals surface area contributed by atoms with Gasteiger partial charge in [0.1, 0.15) is 0 Å². The fourth-order valence-electron chi connectivity index (χ4n) is 2.55. The molecule has 1 heterocycles. The summed E-state index contributed by atoms with van der Waals surface area (Å²) in [5.74, 6) is 0.145. The highest BCUT2D eigenvalue weighted by atomic mass is 32.1. The Kier molecular flexibility index (Phi) is 4.19. The maximum Gasteiger partial charge on any atom is 0.177 e. The smallest absolute Gasteiger partial charge is 0.177 e. The second-order valence-corrected chi connectivity index (χ2v) is 7.03. The number of ketones is 1. The van der Waals surface area contributed by atoms with Crippen molar-refractivity contribution in [2.75, 3.05) is 17.6 Å². The van der Waals surface area contributed by atoms with E-state index >= 15 is 0 Å². The van der Waals surface area contributed by atoms with Crippen LogP contribution in [0.1, 0.15) is 56.1 Å². The summed E-state index contributed by atoms with van der Waals surface area (Å²) in [6, 6.07) is 1.91. The number of thiophene rings is 1. The van der Waals surface area contributed by atoms with Gasteiger partial charge in [-0.25, -0.2) is 0 Å². The molecule has 0 radical (unpaired) electrons. The van der Waals surface area contributed by atoms with E-state index in [0.717, 1.165) is 11.5 Å². The zero-order chi connectivity index (χ0) is 14.0. The topological polar surface area (TPSA) is 55.1 Å². The number of hydrogen-bond acceptors (Lipinski definition) is 4. The zero-order valence-corrected chi connectivity index (χ0v) is 12.9. The van der Waals surface area contributed by atoms with E-state index in [-0.39, 0.29) is 11.7 Å². The summed E-state index contributed by atoms with van der Waals surface area (Å²) in [6.07, 6.45) is 5.20. The molecule has 3 N–H and O–H groups in total. The summed E-state index contributed by atoms with van der Waals surface area (Å²) in [6.45, 7) is 7.08. The van der Waals surface area contributed by atoms with Crippen molar-refractivity contribution in [1.29, 1.82) is 0 Å². The molecule has 2 rings (SSSR count). The van der Waals surface area contributed by atoms with E-state index < -0.39 is 0 Å². The van der Waals surface area contributed by atoms with Crippen LogP contribution in [0, 0.1) is 11.3 Å². The van der Waals surface area contributed by atoms with Gasteiger partial charge in [-0.05, 0) is 30.7 Å². The number of rotatable bonds is 6. The van der Waals surface area contributed by atoms with Gasteiger partial charge < -0.3 is 11.1 Å². The second-order valence-electron chi connectivity index (χ2n) is 5.97. The van der Waals surface area contributed by atoms with E-state index in [1.165, 1.54) is 37.0 Å². The van der Waals surface area contributed by atoms with Crippen molar-refractivity contribution in [3.8, 4) is 0 Å². The molecule has 0 aliphatic heterocycles. The maximum atomic E-state index is 12.0. The van der Waals surface area contributed by atoms with Gasteiger partial charge in [0.05, 0.1) is 15.6 Å². The molecule has 0 atom stereocenters. The number of carbonyl (C=O) groups excluding carboxylic acids is 1. The van der Waals surface area contributed by atoms with Crippen molar-refractivity contribution < 1.29 is 4.79 Å². The Bertz CT molecular complexity index is 455. The number of hydrogen-bond donors (Lipinski definition) is 2. The summed E-state index contributed by atoms with van der Waals surface area (Å²) in [4.78, 5) is 12.7. The molecule has 0 aromatic carbocycles. The molecule has 1 aliphatic carbocycles. The van der Waals surface area contributed by atoms with Crippen molar-refractivity contribution in [2.45, 2.75) is 46.5 Å². The third-order valence-corrected chi connectivity index (χ3v) is 5.43. The Hall–Kier alpha value is -1.03. The van der Waals surface area contributed by atoms with Gasteiger partial charge in [-0.3, -0.25) is 4.79 Å². The minimum absolute atomic E-state index is 0.00224. The first-order valence-corrected chi connectivity index (χ1v) is 7.96. The van der Waals surface area contributed by atoms with Gasteiger partial charge >= 0.3 is 0 Å². The molecule has 0 spiro atoms. The molecule has 1 fully saturated rings. The van der Waals surface area contributed by atoms with Crippen molar-refractivity contribution in [2.24, 2.45) is 11.3 Å². The minimum atomic E-state index is 0.00224. The largest absolute Gasteiger partial charge is 0.397 e. The quantitative estimate of drug-likeness (QED) is 0.769. The standard InChI is InChI=1S/C15H24N2OS/c1-4-15(6-5-7-15)9-17-12-8-11(16)14(19-12)13(18)10(2)3/h8,10,17H,4-7,9,16H2,1-3H3. The first-order valence-electron chi connectivity index (χ1n) is 7.15.